The number of nitrogens with zero attached hydrogens (tertiary/aromatic N) is 2. The molecule has 0 bridgehead atoms. The Morgan fingerprint density at radius 2 is 1.74 bits per heavy atom. The summed E-state index contributed by atoms with van der Waals surface area (Å²) in [6, 6.07) is 11.1. The third kappa shape index (κ3) is 6.17. The maximum Gasteiger partial charge on any atom is 0.244 e. The van der Waals surface area contributed by atoms with Crippen LogP contribution in [0.5, 0.6) is 5.75 Å². The van der Waals surface area contributed by atoms with Gasteiger partial charge in [-0.3, -0.25) is 13.9 Å². The lowest BCUT2D eigenvalue weighted by atomic mass is 10.1. The summed E-state index contributed by atoms with van der Waals surface area (Å²) in [5.74, 6) is -1.11. The van der Waals surface area contributed by atoms with E-state index in [1.807, 2.05) is 0 Å². The number of rotatable bonds is 9. The van der Waals surface area contributed by atoms with Crippen molar-refractivity contribution in [1.82, 2.24) is 10.2 Å². The zero-order valence-electron chi connectivity index (χ0n) is 17.8. The van der Waals surface area contributed by atoms with Crippen molar-refractivity contribution in [3.8, 4) is 5.75 Å². The Balaban J connectivity index is 2.38. The van der Waals surface area contributed by atoms with Crippen molar-refractivity contribution in [2.24, 2.45) is 0 Å². The van der Waals surface area contributed by atoms with Gasteiger partial charge < -0.3 is 15.0 Å². The second-order valence-electron chi connectivity index (χ2n) is 6.87. The number of amides is 2. The Bertz CT molecular complexity index is 1030. The highest BCUT2D eigenvalue weighted by molar-refractivity contribution is 7.92. The molecule has 0 aliphatic carbocycles. The minimum atomic E-state index is -3.83. The van der Waals surface area contributed by atoms with Gasteiger partial charge in [0.1, 0.15) is 24.2 Å². The molecule has 0 saturated carbocycles. The molecule has 1 N–H and O–H groups in total. The van der Waals surface area contributed by atoms with Gasteiger partial charge in [-0.1, -0.05) is 18.2 Å². The average Bonchev–Trinajstić information content (AvgIpc) is 2.75. The molecule has 8 nitrogen and oxygen atoms in total. The summed E-state index contributed by atoms with van der Waals surface area (Å²) < 4.78 is 45.0. The van der Waals surface area contributed by atoms with Gasteiger partial charge >= 0.3 is 0 Å². The summed E-state index contributed by atoms with van der Waals surface area (Å²) in [6.07, 6.45) is 0.980. The van der Waals surface area contributed by atoms with Crippen LogP contribution >= 0.6 is 0 Å². The number of benzene rings is 2. The van der Waals surface area contributed by atoms with Crippen molar-refractivity contribution < 1.29 is 27.1 Å². The molecule has 0 saturated heterocycles. The molecule has 0 spiro atoms. The van der Waals surface area contributed by atoms with Gasteiger partial charge in [-0.25, -0.2) is 12.8 Å². The largest absolute Gasteiger partial charge is 0.497 e. The second kappa shape index (κ2) is 10.3. The second-order valence-corrected chi connectivity index (χ2v) is 8.78. The van der Waals surface area contributed by atoms with E-state index < -0.39 is 40.2 Å². The van der Waals surface area contributed by atoms with Crippen molar-refractivity contribution in [1.29, 1.82) is 0 Å². The van der Waals surface area contributed by atoms with Gasteiger partial charge in [-0.05, 0) is 37.3 Å². The Hall–Kier alpha value is -3.14. The molecule has 2 aromatic carbocycles. The maximum atomic E-state index is 14.2. The van der Waals surface area contributed by atoms with Crippen LogP contribution in [0.1, 0.15) is 12.5 Å². The van der Waals surface area contributed by atoms with Crippen molar-refractivity contribution in [2.75, 3.05) is 31.3 Å². The molecule has 168 valence electrons. The number of methoxy groups -OCH3 is 1. The lowest BCUT2D eigenvalue weighted by Crippen LogP contribution is -2.50. The van der Waals surface area contributed by atoms with E-state index in [0.29, 0.717) is 5.75 Å². The molecule has 0 aliphatic rings. The van der Waals surface area contributed by atoms with Gasteiger partial charge in [0.2, 0.25) is 21.8 Å². The van der Waals surface area contributed by atoms with Gasteiger partial charge in [-0.15, -0.1) is 0 Å². The van der Waals surface area contributed by atoms with Crippen molar-refractivity contribution in [3.05, 3.63) is 59.9 Å². The lowest BCUT2D eigenvalue weighted by Gasteiger charge is -2.31. The minimum Gasteiger partial charge on any atom is -0.497 e. The molecule has 0 unspecified atom stereocenters. The number of likely N-dealkylation sites (N-methyl/N-ethyl adjacent to an activating group) is 1. The average molecular weight is 452 g/mol. The fourth-order valence-electron chi connectivity index (χ4n) is 2.96. The monoisotopic (exact) mass is 451 g/mol. The van der Waals surface area contributed by atoms with E-state index in [2.05, 4.69) is 5.32 Å². The van der Waals surface area contributed by atoms with Gasteiger partial charge in [0, 0.05) is 19.2 Å². The Morgan fingerprint density at radius 1 is 1.13 bits per heavy atom. The van der Waals surface area contributed by atoms with Crippen LogP contribution in [0.4, 0.5) is 10.1 Å². The van der Waals surface area contributed by atoms with Crippen LogP contribution in [0.25, 0.3) is 0 Å². The fraction of sp³-hybridized carbons (Fsp3) is 0.333. The Labute approximate surface area is 181 Å². The molecule has 2 aromatic rings. The van der Waals surface area contributed by atoms with Crippen molar-refractivity contribution in [3.63, 3.8) is 0 Å². The van der Waals surface area contributed by atoms with Gasteiger partial charge in [0.15, 0.2) is 0 Å². The van der Waals surface area contributed by atoms with E-state index >= 15 is 0 Å². The van der Waals surface area contributed by atoms with Crippen LogP contribution in [0.2, 0.25) is 0 Å². The first kappa shape index (κ1) is 24.1. The fourth-order valence-corrected chi connectivity index (χ4v) is 3.81. The maximum absolute atomic E-state index is 14.2. The Morgan fingerprint density at radius 3 is 2.26 bits per heavy atom. The number of nitrogens with one attached hydrogen (secondary N) is 1. The predicted octanol–water partition coefficient (Wildman–Crippen LogP) is 1.76. The SMILES string of the molecule is CNC(=O)[C@H](C)N(Cc1ccccc1F)C(=O)CN(c1ccc(OC)cc1)S(C)(=O)=O. The van der Waals surface area contributed by atoms with E-state index in [4.69, 9.17) is 4.74 Å². The molecule has 31 heavy (non-hydrogen) atoms. The number of halogens is 1. The molecule has 10 heteroatoms. The predicted molar refractivity (Wildman–Crippen MR) is 116 cm³/mol. The number of hydrogen-bond acceptors (Lipinski definition) is 5. The third-order valence-electron chi connectivity index (χ3n) is 4.75. The van der Waals surface area contributed by atoms with Crippen LogP contribution in [0.15, 0.2) is 48.5 Å². The smallest absolute Gasteiger partial charge is 0.244 e. The van der Waals surface area contributed by atoms with E-state index in [0.717, 1.165) is 15.5 Å². The summed E-state index contributed by atoms with van der Waals surface area (Å²) in [7, 11) is -0.927. The molecule has 2 rings (SSSR count). The number of ether oxygens (including phenoxy) is 1. The summed E-state index contributed by atoms with van der Waals surface area (Å²) in [5.41, 5.74) is 0.469. The van der Waals surface area contributed by atoms with Crippen LogP contribution in [-0.4, -0.2) is 58.1 Å². The third-order valence-corrected chi connectivity index (χ3v) is 5.89. The molecular formula is C21H26FN3O5S. The summed E-state index contributed by atoms with van der Waals surface area (Å²) in [4.78, 5) is 26.5. The molecular weight excluding hydrogens is 425 g/mol. The van der Waals surface area contributed by atoms with Crippen LogP contribution in [0, 0.1) is 5.82 Å². The quantitative estimate of drug-likeness (QED) is 0.627. The first-order valence-corrected chi connectivity index (χ1v) is 11.3. The zero-order chi connectivity index (χ0) is 23.2. The lowest BCUT2D eigenvalue weighted by molar-refractivity contribution is -0.139. The summed E-state index contributed by atoms with van der Waals surface area (Å²) in [5, 5.41) is 2.46. The van der Waals surface area contributed by atoms with E-state index in [9.17, 15) is 22.4 Å². The number of carbonyl (C=O) groups is 2. The number of hydrogen-bond donors (Lipinski definition) is 1. The first-order chi connectivity index (χ1) is 14.6. The van der Waals surface area contributed by atoms with Crippen molar-refractivity contribution in [2.45, 2.75) is 19.5 Å². The van der Waals surface area contributed by atoms with E-state index in [1.54, 1.807) is 18.2 Å². The molecule has 0 aliphatic heterocycles. The van der Waals surface area contributed by atoms with Crippen LogP contribution < -0.4 is 14.4 Å². The zero-order valence-corrected chi connectivity index (χ0v) is 18.6. The van der Waals surface area contributed by atoms with Gasteiger partial charge in [0.05, 0.1) is 19.1 Å². The van der Waals surface area contributed by atoms with Gasteiger partial charge in [-0.2, -0.15) is 0 Å². The van der Waals surface area contributed by atoms with Gasteiger partial charge in [0.25, 0.3) is 0 Å². The molecule has 0 aromatic heterocycles. The Kier molecular flexibility index (Phi) is 7.98. The van der Waals surface area contributed by atoms with Crippen LogP contribution in [-0.2, 0) is 26.2 Å². The summed E-state index contributed by atoms with van der Waals surface area (Å²) >= 11 is 0. The summed E-state index contributed by atoms with van der Waals surface area (Å²) in [6.45, 7) is 0.747. The highest BCUT2D eigenvalue weighted by atomic mass is 32.2. The van der Waals surface area contributed by atoms with E-state index in [1.165, 1.54) is 51.4 Å². The molecule has 0 fully saturated rings. The highest BCUT2D eigenvalue weighted by Gasteiger charge is 2.30. The number of carbonyl (C=O) groups excluding carboxylic acids is 2. The normalized spacial score (nSPS) is 12.0. The first-order valence-electron chi connectivity index (χ1n) is 9.44. The van der Waals surface area contributed by atoms with E-state index in [-0.39, 0.29) is 17.8 Å². The van der Waals surface area contributed by atoms with Crippen molar-refractivity contribution >= 4 is 27.5 Å². The molecule has 2 amide bonds. The molecule has 0 radical (unpaired) electrons. The standard InChI is InChI=1S/C21H26FN3O5S/c1-15(21(27)23-2)24(13-16-7-5-6-8-19(16)22)20(26)14-25(31(4,28)29)17-9-11-18(30-3)12-10-17/h5-12,15H,13-14H2,1-4H3,(H,23,27)/t15-/m0/s1. The highest BCUT2D eigenvalue weighted by Crippen LogP contribution is 2.22. The minimum absolute atomic E-state index is 0.194. The molecule has 0 heterocycles. The number of anilines is 1. The van der Waals surface area contributed by atoms with Crippen LogP contribution in [0.3, 0.4) is 0 Å². The number of sulfonamides is 1. The molecule has 1 atom stereocenters. The topological polar surface area (TPSA) is 96.0 Å².